The minimum absolute atomic E-state index is 0.0796. The highest BCUT2D eigenvalue weighted by atomic mass is 35.5. The van der Waals surface area contributed by atoms with Crippen molar-refractivity contribution < 1.29 is 14.7 Å². The summed E-state index contributed by atoms with van der Waals surface area (Å²) < 4.78 is 0. The molecular weight excluding hydrogens is 370 g/mol. The molecule has 2 aromatic carbocycles. The van der Waals surface area contributed by atoms with Crippen LogP contribution in [0.3, 0.4) is 0 Å². The molecule has 27 heavy (non-hydrogen) atoms. The summed E-state index contributed by atoms with van der Waals surface area (Å²) in [5.41, 5.74) is 3.62. The average Bonchev–Trinajstić information content (AvgIpc) is 2.96. The fourth-order valence-electron chi connectivity index (χ4n) is 2.36. The molecule has 0 unspecified atom stereocenters. The molecule has 0 saturated carbocycles. The summed E-state index contributed by atoms with van der Waals surface area (Å²) in [4.78, 5) is 28.1. The summed E-state index contributed by atoms with van der Waals surface area (Å²) in [6.45, 7) is 0. The van der Waals surface area contributed by atoms with E-state index in [1.807, 2.05) is 0 Å². The van der Waals surface area contributed by atoms with E-state index in [-0.39, 0.29) is 24.0 Å². The summed E-state index contributed by atoms with van der Waals surface area (Å²) in [7, 11) is 0. The molecule has 1 heterocycles. The third-order valence-electron chi connectivity index (χ3n) is 3.63. The minimum atomic E-state index is -0.855. The van der Waals surface area contributed by atoms with Crippen molar-refractivity contribution in [2.45, 2.75) is 12.5 Å². The van der Waals surface area contributed by atoms with Crippen LogP contribution in [0.1, 0.15) is 12.0 Å². The van der Waals surface area contributed by atoms with Crippen LogP contribution in [0.5, 0.6) is 5.75 Å². The Morgan fingerprint density at radius 3 is 2.89 bits per heavy atom. The summed E-state index contributed by atoms with van der Waals surface area (Å²) in [6.07, 6.45) is 1.27. The first kappa shape index (κ1) is 18.4. The molecule has 0 aliphatic carbocycles. The van der Waals surface area contributed by atoms with Gasteiger partial charge < -0.3 is 10.4 Å². The number of phenols is 1. The van der Waals surface area contributed by atoms with Gasteiger partial charge >= 0.3 is 0 Å². The molecule has 1 aliphatic heterocycles. The monoisotopic (exact) mass is 385 g/mol. The Bertz CT molecular complexity index is 929. The number of aliphatic imine (C=N–C) groups is 1. The Labute approximate surface area is 160 Å². The van der Waals surface area contributed by atoms with Crippen molar-refractivity contribution in [2.75, 3.05) is 5.32 Å². The molecule has 2 amide bonds. The number of amides is 2. The normalized spacial score (nSPS) is 16.1. The van der Waals surface area contributed by atoms with Crippen molar-refractivity contribution in [3.8, 4) is 5.75 Å². The third-order valence-corrected chi connectivity index (χ3v) is 3.86. The molecular formula is C18H16ClN5O3. The van der Waals surface area contributed by atoms with Gasteiger partial charge in [0.15, 0.2) is 0 Å². The van der Waals surface area contributed by atoms with E-state index >= 15 is 0 Å². The fraction of sp³-hybridized carbons (Fsp3) is 0.111. The van der Waals surface area contributed by atoms with Crippen LogP contribution in [0.4, 0.5) is 5.69 Å². The largest absolute Gasteiger partial charge is 0.507 e. The van der Waals surface area contributed by atoms with Crippen molar-refractivity contribution in [3.05, 3.63) is 59.1 Å². The second-order valence-corrected chi connectivity index (χ2v) is 6.11. The number of halogens is 1. The van der Waals surface area contributed by atoms with Crippen LogP contribution in [-0.2, 0) is 9.59 Å². The molecule has 0 bridgehead atoms. The molecule has 0 saturated heterocycles. The van der Waals surface area contributed by atoms with Crippen LogP contribution in [0.2, 0.25) is 5.02 Å². The highest BCUT2D eigenvalue weighted by Crippen LogP contribution is 2.16. The molecule has 1 atom stereocenters. The maximum absolute atomic E-state index is 12.1. The van der Waals surface area contributed by atoms with Gasteiger partial charge in [0.2, 0.25) is 11.9 Å². The SMILES string of the molecule is O=C(C[C@H]1N=C(N/N=C\c2ccccc2O)NC1=O)Nc1cccc(Cl)c1. The number of carbonyl (C=O) groups excluding carboxylic acids is 2. The lowest BCUT2D eigenvalue weighted by Crippen LogP contribution is -2.35. The summed E-state index contributed by atoms with van der Waals surface area (Å²) >= 11 is 5.87. The Morgan fingerprint density at radius 1 is 1.30 bits per heavy atom. The van der Waals surface area contributed by atoms with Gasteiger partial charge in [0, 0.05) is 16.3 Å². The molecule has 0 radical (unpaired) electrons. The maximum atomic E-state index is 12.1. The first-order valence-electron chi connectivity index (χ1n) is 8.02. The van der Waals surface area contributed by atoms with Crippen LogP contribution < -0.4 is 16.1 Å². The number of hydrazone groups is 1. The molecule has 8 nitrogen and oxygen atoms in total. The Balaban J connectivity index is 1.56. The van der Waals surface area contributed by atoms with Crippen LogP contribution in [0, 0.1) is 0 Å². The van der Waals surface area contributed by atoms with Crippen molar-refractivity contribution in [2.24, 2.45) is 10.1 Å². The fourth-order valence-corrected chi connectivity index (χ4v) is 2.55. The van der Waals surface area contributed by atoms with E-state index in [4.69, 9.17) is 11.6 Å². The van der Waals surface area contributed by atoms with Gasteiger partial charge in [0.25, 0.3) is 5.91 Å². The molecule has 4 N–H and O–H groups in total. The number of guanidine groups is 1. The number of anilines is 1. The summed E-state index contributed by atoms with van der Waals surface area (Å²) in [6, 6.07) is 12.5. The number of rotatable bonds is 5. The highest BCUT2D eigenvalue weighted by molar-refractivity contribution is 6.30. The van der Waals surface area contributed by atoms with E-state index in [0.717, 1.165) is 0 Å². The number of para-hydroxylation sites is 1. The van der Waals surface area contributed by atoms with E-state index < -0.39 is 11.9 Å². The second kappa shape index (κ2) is 8.33. The number of phenolic OH excluding ortho intramolecular Hbond substituents is 1. The Hall–Kier alpha value is -3.39. The maximum Gasteiger partial charge on any atom is 0.252 e. The number of hydrogen-bond donors (Lipinski definition) is 4. The topological polar surface area (TPSA) is 115 Å². The molecule has 1 aliphatic rings. The van der Waals surface area contributed by atoms with Gasteiger partial charge in [-0.25, -0.2) is 10.4 Å². The van der Waals surface area contributed by atoms with Gasteiger partial charge in [0.1, 0.15) is 11.8 Å². The number of benzene rings is 2. The highest BCUT2D eigenvalue weighted by Gasteiger charge is 2.28. The van der Waals surface area contributed by atoms with E-state index in [9.17, 15) is 14.7 Å². The summed E-state index contributed by atoms with van der Waals surface area (Å²) in [5, 5.41) is 19.2. The van der Waals surface area contributed by atoms with Gasteiger partial charge in [0.05, 0.1) is 12.6 Å². The molecule has 3 rings (SSSR count). The molecule has 138 valence electrons. The zero-order valence-electron chi connectivity index (χ0n) is 14.0. The smallest absolute Gasteiger partial charge is 0.252 e. The van der Waals surface area contributed by atoms with E-state index in [1.54, 1.807) is 42.5 Å². The van der Waals surface area contributed by atoms with Crippen molar-refractivity contribution >= 4 is 41.3 Å². The van der Waals surface area contributed by atoms with Gasteiger partial charge in [-0.1, -0.05) is 29.8 Å². The number of carbonyl (C=O) groups is 2. The first-order valence-corrected chi connectivity index (χ1v) is 8.40. The van der Waals surface area contributed by atoms with Crippen LogP contribution in [0.15, 0.2) is 58.6 Å². The second-order valence-electron chi connectivity index (χ2n) is 5.67. The number of aromatic hydroxyl groups is 1. The molecule has 2 aromatic rings. The standard InChI is InChI=1S/C18H16ClN5O3/c19-12-5-3-6-13(8-12)21-16(26)9-14-17(27)23-18(22-14)24-20-10-11-4-1-2-7-15(11)25/h1-8,10,14,25H,9H2,(H,21,26)(H2,22,23,24,27)/b20-10-/t14-/m1/s1. The Morgan fingerprint density at radius 2 is 2.11 bits per heavy atom. The number of hydrogen-bond acceptors (Lipinski definition) is 6. The molecule has 0 spiro atoms. The van der Waals surface area contributed by atoms with Crippen LogP contribution >= 0.6 is 11.6 Å². The predicted octanol–water partition coefficient (Wildman–Crippen LogP) is 1.85. The minimum Gasteiger partial charge on any atom is -0.507 e. The number of nitrogens with one attached hydrogen (secondary N) is 3. The van der Waals surface area contributed by atoms with Gasteiger partial charge in [-0.15, -0.1) is 0 Å². The van der Waals surface area contributed by atoms with Gasteiger partial charge in [-0.05, 0) is 30.3 Å². The van der Waals surface area contributed by atoms with Crippen LogP contribution in [0.25, 0.3) is 0 Å². The van der Waals surface area contributed by atoms with E-state index in [2.05, 4.69) is 26.2 Å². The zero-order valence-corrected chi connectivity index (χ0v) is 14.8. The van der Waals surface area contributed by atoms with Crippen molar-refractivity contribution in [3.63, 3.8) is 0 Å². The van der Waals surface area contributed by atoms with Crippen LogP contribution in [-0.4, -0.2) is 35.1 Å². The quantitative estimate of drug-likeness (QED) is 0.464. The first-order chi connectivity index (χ1) is 13.0. The van der Waals surface area contributed by atoms with Gasteiger partial charge in [-0.2, -0.15) is 5.10 Å². The van der Waals surface area contributed by atoms with Crippen molar-refractivity contribution in [1.82, 2.24) is 10.7 Å². The van der Waals surface area contributed by atoms with E-state index in [0.29, 0.717) is 16.3 Å². The Kier molecular flexibility index (Phi) is 5.68. The molecule has 0 fully saturated rings. The molecule has 9 heteroatoms. The number of nitrogens with zero attached hydrogens (tertiary/aromatic N) is 2. The predicted molar refractivity (Wildman–Crippen MR) is 103 cm³/mol. The third kappa shape index (κ3) is 5.05. The lowest BCUT2D eigenvalue weighted by Gasteiger charge is -2.07. The lowest BCUT2D eigenvalue weighted by atomic mass is 10.2. The lowest BCUT2D eigenvalue weighted by molar-refractivity contribution is -0.123. The molecule has 0 aromatic heterocycles. The van der Waals surface area contributed by atoms with Crippen molar-refractivity contribution in [1.29, 1.82) is 0 Å². The van der Waals surface area contributed by atoms with E-state index in [1.165, 1.54) is 12.3 Å². The summed E-state index contributed by atoms with van der Waals surface area (Å²) in [5.74, 6) is -0.556. The van der Waals surface area contributed by atoms with Gasteiger partial charge in [-0.3, -0.25) is 14.9 Å². The zero-order chi connectivity index (χ0) is 19.2. The average molecular weight is 386 g/mol.